The average Bonchev–Trinajstić information content (AvgIpc) is 2.51. The highest BCUT2D eigenvalue weighted by molar-refractivity contribution is 6.30. The minimum absolute atomic E-state index is 0.166. The number of aliphatic hydroxyl groups excluding tert-OH is 1. The lowest BCUT2D eigenvalue weighted by Gasteiger charge is -2.11. The first-order valence-electron chi connectivity index (χ1n) is 6.38. The number of halogens is 1. The molecule has 21 heavy (non-hydrogen) atoms. The van der Waals surface area contributed by atoms with Crippen LogP contribution in [0.25, 0.3) is 0 Å². The Kier molecular flexibility index (Phi) is 5.51. The van der Waals surface area contributed by atoms with Crippen LogP contribution in [0.5, 0.6) is 11.5 Å². The fourth-order valence-corrected chi connectivity index (χ4v) is 2.01. The predicted octanol–water partition coefficient (Wildman–Crippen LogP) is 3.27. The van der Waals surface area contributed by atoms with Crippen molar-refractivity contribution in [2.45, 2.75) is 6.61 Å². The van der Waals surface area contributed by atoms with Gasteiger partial charge < -0.3 is 14.6 Å². The van der Waals surface area contributed by atoms with Gasteiger partial charge in [0.2, 0.25) is 0 Å². The lowest BCUT2D eigenvalue weighted by molar-refractivity contribution is 0.296. The maximum absolute atomic E-state index is 8.74. The van der Waals surface area contributed by atoms with Crippen molar-refractivity contribution in [3.63, 3.8) is 0 Å². The minimum atomic E-state index is -0.166. The molecule has 0 fully saturated rings. The zero-order valence-electron chi connectivity index (χ0n) is 11.6. The topological polar surface area (TPSA) is 38.7 Å². The van der Waals surface area contributed by atoms with E-state index in [4.69, 9.17) is 26.2 Å². The molecular formula is C17H15ClO3. The van der Waals surface area contributed by atoms with Crippen molar-refractivity contribution in [3.8, 4) is 23.3 Å². The summed E-state index contributed by atoms with van der Waals surface area (Å²) in [5.74, 6) is 6.90. The Morgan fingerprint density at radius 3 is 2.76 bits per heavy atom. The summed E-state index contributed by atoms with van der Waals surface area (Å²) in [6.45, 7) is 0.179. The second kappa shape index (κ2) is 7.58. The second-order valence-corrected chi connectivity index (χ2v) is 4.67. The molecule has 4 heteroatoms. The molecule has 0 bridgehead atoms. The summed E-state index contributed by atoms with van der Waals surface area (Å²) in [6, 6.07) is 12.8. The van der Waals surface area contributed by atoms with Gasteiger partial charge in [-0.3, -0.25) is 0 Å². The molecule has 0 heterocycles. The molecule has 0 saturated carbocycles. The Hall–Kier alpha value is -2.15. The minimum Gasteiger partial charge on any atom is -0.496 e. The van der Waals surface area contributed by atoms with E-state index in [1.54, 1.807) is 19.2 Å². The maximum atomic E-state index is 8.74. The maximum Gasteiger partial charge on any atom is 0.125 e. The average molecular weight is 303 g/mol. The zero-order chi connectivity index (χ0) is 15.1. The Balaban J connectivity index is 2.17. The van der Waals surface area contributed by atoms with Gasteiger partial charge in [-0.05, 0) is 36.4 Å². The summed E-state index contributed by atoms with van der Waals surface area (Å²) >= 11 is 5.92. The third-order valence-corrected chi connectivity index (χ3v) is 3.02. The highest BCUT2D eigenvalue weighted by Gasteiger charge is 2.05. The molecule has 0 aromatic heterocycles. The molecule has 0 atom stereocenters. The van der Waals surface area contributed by atoms with E-state index in [1.807, 2.05) is 30.3 Å². The fraction of sp³-hybridized carbons (Fsp3) is 0.176. The van der Waals surface area contributed by atoms with Crippen molar-refractivity contribution in [1.29, 1.82) is 0 Å². The van der Waals surface area contributed by atoms with Crippen LogP contribution in [-0.2, 0) is 6.61 Å². The predicted molar refractivity (Wildman–Crippen MR) is 82.7 cm³/mol. The number of methoxy groups -OCH3 is 1. The number of ether oxygens (including phenoxy) is 2. The van der Waals surface area contributed by atoms with Crippen molar-refractivity contribution in [1.82, 2.24) is 0 Å². The van der Waals surface area contributed by atoms with E-state index in [9.17, 15) is 0 Å². The SMILES string of the molecule is COc1ccc(C#CCO)cc1COc1cccc(Cl)c1. The number of rotatable bonds is 4. The zero-order valence-corrected chi connectivity index (χ0v) is 12.4. The first kappa shape index (κ1) is 15.2. The fourth-order valence-electron chi connectivity index (χ4n) is 1.83. The molecule has 0 aliphatic heterocycles. The van der Waals surface area contributed by atoms with Crippen LogP contribution in [-0.4, -0.2) is 18.8 Å². The smallest absolute Gasteiger partial charge is 0.125 e. The van der Waals surface area contributed by atoms with Crippen LogP contribution in [0.2, 0.25) is 5.02 Å². The molecule has 0 aliphatic rings. The lowest BCUT2D eigenvalue weighted by atomic mass is 10.1. The van der Waals surface area contributed by atoms with E-state index in [0.717, 1.165) is 16.9 Å². The summed E-state index contributed by atoms with van der Waals surface area (Å²) in [5.41, 5.74) is 1.68. The Morgan fingerprint density at radius 2 is 2.05 bits per heavy atom. The van der Waals surface area contributed by atoms with E-state index >= 15 is 0 Å². The molecule has 1 N–H and O–H groups in total. The number of benzene rings is 2. The van der Waals surface area contributed by atoms with Crippen LogP contribution in [0.15, 0.2) is 42.5 Å². The van der Waals surface area contributed by atoms with Crippen LogP contribution in [0.3, 0.4) is 0 Å². The van der Waals surface area contributed by atoms with Crippen LogP contribution >= 0.6 is 11.6 Å². The molecule has 108 valence electrons. The van der Waals surface area contributed by atoms with Gasteiger partial charge in [0.05, 0.1) is 7.11 Å². The molecule has 0 aliphatic carbocycles. The van der Waals surface area contributed by atoms with E-state index < -0.39 is 0 Å². The van der Waals surface area contributed by atoms with Gasteiger partial charge >= 0.3 is 0 Å². The van der Waals surface area contributed by atoms with Crippen LogP contribution in [0, 0.1) is 11.8 Å². The molecule has 0 unspecified atom stereocenters. The van der Waals surface area contributed by atoms with Crippen LogP contribution in [0.4, 0.5) is 0 Å². The highest BCUT2D eigenvalue weighted by Crippen LogP contribution is 2.23. The Bertz CT molecular complexity index is 671. The van der Waals surface area contributed by atoms with E-state index in [-0.39, 0.29) is 6.61 Å². The molecule has 0 radical (unpaired) electrons. The highest BCUT2D eigenvalue weighted by atomic mass is 35.5. The quantitative estimate of drug-likeness (QED) is 0.881. The molecule has 0 saturated heterocycles. The van der Waals surface area contributed by atoms with Gasteiger partial charge in [-0.2, -0.15) is 0 Å². The van der Waals surface area contributed by atoms with Crippen molar-refractivity contribution < 1.29 is 14.6 Å². The van der Waals surface area contributed by atoms with Gasteiger partial charge in [0.15, 0.2) is 0 Å². The van der Waals surface area contributed by atoms with Crippen LogP contribution in [0.1, 0.15) is 11.1 Å². The standard InChI is InChI=1S/C17H15ClO3/c1-20-17-8-7-13(4-3-9-19)10-14(17)12-21-16-6-2-5-15(18)11-16/h2,5-8,10-11,19H,9,12H2,1H3. The molecule has 0 amide bonds. The lowest BCUT2D eigenvalue weighted by Crippen LogP contribution is -1.99. The summed E-state index contributed by atoms with van der Waals surface area (Å²) in [4.78, 5) is 0. The van der Waals surface area contributed by atoms with Crippen molar-refractivity contribution >= 4 is 11.6 Å². The Morgan fingerprint density at radius 1 is 1.19 bits per heavy atom. The summed E-state index contributed by atoms with van der Waals surface area (Å²) < 4.78 is 11.0. The number of hydrogen-bond donors (Lipinski definition) is 1. The third-order valence-electron chi connectivity index (χ3n) is 2.78. The Labute approximate surface area is 129 Å². The van der Waals surface area contributed by atoms with Gasteiger partial charge in [0.1, 0.15) is 24.7 Å². The van der Waals surface area contributed by atoms with Crippen molar-refractivity contribution in [2.75, 3.05) is 13.7 Å². The summed E-state index contributed by atoms with van der Waals surface area (Å²) in [7, 11) is 1.61. The second-order valence-electron chi connectivity index (χ2n) is 4.23. The van der Waals surface area contributed by atoms with Crippen molar-refractivity contribution in [3.05, 3.63) is 58.6 Å². The largest absolute Gasteiger partial charge is 0.496 e. The molecular weight excluding hydrogens is 288 g/mol. The monoisotopic (exact) mass is 302 g/mol. The first-order valence-corrected chi connectivity index (χ1v) is 6.75. The number of aliphatic hydroxyl groups is 1. The van der Waals surface area contributed by atoms with Gasteiger partial charge in [0, 0.05) is 16.1 Å². The molecule has 2 rings (SSSR count). The van der Waals surface area contributed by atoms with Gasteiger partial charge in [-0.1, -0.05) is 29.5 Å². The van der Waals surface area contributed by atoms with Crippen molar-refractivity contribution in [2.24, 2.45) is 0 Å². The first-order chi connectivity index (χ1) is 10.2. The van der Waals surface area contributed by atoms with Gasteiger partial charge in [-0.15, -0.1) is 0 Å². The van der Waals surface area contributed by atoms with E-state index in [0.29, 0.717) is 17.4 Å². The molecule has 2 aromatic rings. The van der Waals surface area contributed by atoms with Crippen LogP contribution < -0.4 is 9.47 Å². The van der Waals surface area contributed by atoms with E-state index in [1.165, 1.54) is 0 Å². The molecule has 2 aromatic carbocycles. The number of hydrogen-bond acceptors (Lipinski definition) is 3. The normalized spacial score (nSPS) is 9.67. The molecule has 0 spiro atoms. The van der Waals surface area contributed by atoms with Gasteiger partial charge in [-0.25, -0.2) is 0 Å². The van der Waals surface area contributed by atoms with E-state index in [2.05, 4.69) is 11.8 Å². The summed E-state index contributed by atoms with van der Waals surface area (Å²) in [5, 5.41) is 9.37. The third kappa shape index (κ3) is 4.42. The van der Waals surface area contributed by atoms with Gasteiger partial charge in [0.25, 0.3) is 0 Å². The molecule has 3 nitrogen and oxygen atoms in total. The summed E-state index contributed by atoms with van der Waals surface area (Å²) in [6.07, 6.45) is 0.